The minimum absolute atomic E-state index is 0.345. The van der Waals surface area contributed by atoms with Gasteiger partial charge in [-0.3, -0.25) is 0 Å². The van der Waals surface area contributed by atoms with Crippen LogP contribution < -0.4 is 0 Å². The van der Waals surface area contributed by atoms with Gasteiger partial charge in [0.2, 0.25) is 0 Å². The van der Waals surface area contributed by atoms with Crippen molar-refractivity contribution >= 4 is 52.1 Å². The van der Waals surface area contributed by atoms with Gasteiger partial charge in [0.1, 0.15) is 10.7 Å². The highest BCUT2D eigenvalue weighted by Gasteiger charge is 2.12. The van der Waals surface area contributed by atoms with Crippen molar-refractivity contribution in [3.8, 4) is 0 Å². The molecule has 0 amide bonds. The molecule has 6 heteroatoms. The summed E-state index contributed by atoms with van der Waals surface area (Å²) in [5.41, 5.74) is 0.372. The van der Waals surface area contributed by atoms with Crippen molar-refractivity contribution in [1.82, 2.24) is 0 Å². The predicted octanol–water partition coefficient (Wildman–Crippen LogP) is 5.71. The topological polar surface area (TPSA) is 24.7 Å². The standard InChI is InChI=1S/C9H8Cl4N2/c1-9(2,13)15-14-8-6(11)3-5(10)4-7(8)12/h3-4H,1-2H3. The van der Waals surface area contributed by atoms with E-state index in [1.807, 2.05) is 0 Å². The maximum absolute atomic E-state index is 5.90. The molecule has 0 aliphatic carbocycles. The van der Waals surface area contributed by atoms with E-state index in [2.05, 4.69) is 10.2 Å². The molecule has 1 aromatic rings. The number of halogens is 4. The average molecular weight is 286 g/mol. The van der Waals surface area contributed by atoms with E-state index in [1.54, 1.807) is 26.0 Å². The van der Waals surface area contributed by atoms with Crippen LogP contribution in [-0.2, 0) is 0 Å². The molecular formula is C9H8Cl4N2. The summed E-state index contributed by atoms with van der Waals surface area (Å²) in [4.78, 5) is -0.785. The minimum atomic E-state index is -0.785. The number of azo groups is 1. The lowest BCUT2D eigenvalue weighted by Crippen LogP contribution is -2.02. The van der Waals surface area contributed by atoms with Gasteiger partial charge in [0.15, 0.2) is 0 Å². The van der Waals surface area contributed by atoms with E-state index >= 15 is 0 Å². The molecule has 2 nitrogen and oxygen atoms in total. The Morgan fingerprint density at radius 2 is 1.53 bits per heavy atom. The van der Waals surface area contributed by atoms with Crippen molar-refractivity contribution in [2.75, 3.05) is 0 Å². The van der Waals surface area contributed by atoms with Crippen molar-refractivity contribution in [3.05, 3.63) is 27.2 Å². The molecule has 0 saturated heterocycles. The van der Waals surface area contributed by atoms with Crippen LogP contribution in [0.25, 0.3) is 0 Å². The molecule has 0 saturated carbocycles. The monoisotopic (exact) mass is 284 g/mol. The highest BCUT2D eigenvalue weighted by molar-refractivity contribution is 6.41. The van der Waals surface area contributed by atoms with Gasteiger partial charge in [-0.1, -0.05) is 46.4 Å². The first-order chi connectivity index (χ1) is 6.79. The SMILES string of the molecule is CC(C)(Cl)N=Nc1c(Cl)cc(Cl)cc1Cl. The number of hydrogen-bond acceptors (Lipinski definition) is 2. The highest BCUT2D eigenvalue weighted by atomic mass is 35.5. The molecule has 0 aliphatic rings. The Morgan fingerprint density at radius 3 is 1.93 bits per heavy atom. The predicted molar refractivity (Wildman–Crippen MR) is 65.9 cm³/mol. The molecule has 0 unspecified atom stereocenters. The minimum Gasteiger partial charge on any atom is -0.166 e. The van der Waals surface area contributed by atoms with Crippen molar-refractivity contribution in [2.24, 2.45) is 10.2 Å². The molecule has 82 valence electrons. The molecule has 0 heterocycles. The first-order valence-electron chi connectivity index (χ1n) is 4.06. The Balaban J connectivity index is 3.11. The molecular weight excluding hydrogens is 278 g/mol. The molecule has 1 aromatic carbocycles. The number of hydrogen-bond donors (Lipinski definition) is 0. The van der Waals surface area contributed by atoms with Gasteiger partial charge in [-0.15, -0.1) is 0 Å². The van der Waals surface area contributed by atoms with E-state index in [0.29, 0.717) is 20.8 Å². The zero-order valence-corrected chi connectivity index (χ0v) is 11.1. The Hall–Kier alpha value is -0.0200. The summed E-state index contributed by atoms with van der Waals surface area (Å²) in [6.07, 6.45) is 0. The van der Waals surface area contributed by atoms with E-state index in [0.717, 1.165) is 0 Å². The molecule has 0 radical (unpaired) electrons. The van der Waals surface area contributed by atoms with E-state index < -0.39 is 5.00 Å². The van der Waals surface area contributed by atoms with Gasteiger partial charge in [0, 0.05) is 5.02 Å². The Labute approximate surface area is 108 Å². The van der Waals surface area contributed by atoms with Crippen LogP contribution in [0.4, 0.5) is 5.69 Å². The molecule has 0 fully saturated rings. The summed E-state index contributed by atoms with van der Waals surface area (Å²) >= 11 is 23.4. The number of alkyl halides is 1. The Bertz CT molecular complexity index is 373. The van der Waals surface area contributed by atoms with Gasteiger partial charge in [-0.2, -0.15) is 10.2 Å². The first-order valence-corrected chi connectivity index (χ1v) is 5.57. The van der Waals surface area contributed by atoms with Crippen molar-refractivity contribution in [2.45, 2.75) is 18.8 Å². The largest absolute Gasteiger partial charge is 0.166 e. The average Bonchev–Trinajstić information content (AvgIpc) is 1.99. The van der Waals surface area contributed by atoms with Crippen LogP contribution in [0.5, 0.6) is 0 Å². The van der Waals surface area contributed by atoms with Crippen LogP contribution in [-0.4, -0.2) is 5.00 Å². The fourth-order valence-corrected chi connectivity index (χ4v) is 1.73. The summed E-state index contributed by atoms with van der Waals surface area (Å²) in [5, 5.41) is 8.89. The summed E-state index contributed by atoms with van der Waals surface area (Å²) in [6.45, 7) is 3.41. The van der Waals surface area contributed by atoms with Crippen molar-refractivity contribution in [1.29, 1.82) is 0 Å². The van der Waals surface area contributed by atoms with E-state index in [1.165, 1.54) is 0 Å². The third kappa shape index (κ3) is 4.15. The normalized spacial score (nSPS) is 12.4. The number of benzene rings is 1. The molecule has 15 heavy (non-hydrogen) atoms. The van der Waals surface area contributed by atoms with Crippen molar-refractivity contribution < 1.29 is 0 Å². The molecule has 0 bridgehead atoms. The van der Waals surface area contributed by atoms with Crippen LogP contribution in [0.3, 0.4) is 0 Å². The zero-order valence-electron chi connectivity index (χ0n) is 8.06. The number of rotatable bonds is 2. The number of nitrogens with zero attached hydrogens (tertiary/aromatic N) is 2. The molecule has 1 rings (SSSR count). The maximum atomic E-state index is 5.90. The Kier molecular flexibility index (Phi) is 4.24. The Morgan fingerprint density at radius 1 is 1.07 bits per heavy atom. The molecule has 0 atom stereocenters. The van der Waals surface area contributed by atoms with Gasteiger partial charge >= 0.3 is 0 Å². The van der Waals surface area contributed by atoms with Crippen LogP contribution in [0.1, 0.15) is 13.8 Å². The smallest absolute Gasteiger partial charge is 0.149 e. The first kappa shape index (κ1) is 13.0. The lowest BCUT2D eigenvalue weighted by atomic mass is 10.3. The summed E-state index contributed by atoms with van der Waals surface area (Å²) < 4.78 is 0. The second kappa shape index (κ2) is 4.88. The summed E-state index contributed by atoms with van der Waals surface area (Å²) in [6, 6.07) is 3.09. The summed E-state index contributed by atoms with van der Waals surface area (Å²) in [5.74, 6) is 0. The van der Waals surface area contributed by atoms with Gasteiger partial charge in [-0.05, 0) is 26.0 Å². The molecule has 0 aromatic heterocycles. The van der Waals surface area contributed by atoms with Gasteiger partial charge in [0.05, 0.1) is 10.0 Å². The quantitative estimate of drug-likeness (QED) is 0.378. The molecule has 0 aliphatic heterocycles. The highest BCUT2D eigenvalue weighted by Crippen LogP contribution is 2.36. The second-order valence-corrected chi connectivity index (χ2v) is 5.50. The van der Waals surface area contributed by atoms with Crippen molar-refractivity contribution in [3.63, 3.8) is 0 Å². The van der Waals surface area contributed by atoms with Crippen LogP contribution in [0, 0.1) is 0 Å². The fourth-order valence-electron chi connectivity index (χ4n) is 0.799. The third-order valence-electron chi connectivity index (χ3n) is 1.37. The van der Waals surface area contributed by atoms with Crippen LogP contribution in [0.15, 0.2) is 22.4 Å². The van der Waals surface area contributed by atoms with Gasteiger partial charge in [0.25, 0.3) is 0 Å². The second-order valence-electron chi connectivity index (χ2n) is 3.33. The van der Waals surface area contributed by atoms with Crippen LogP contribution >= 0.6 is 46.4 Å². The van der Waals surface area contributed by atoms with Crippen LogP contribution in [0.2, 0.25) is 15.1 Å². The summed E-state index contributed by atoms with van der Waals surface area (Å²) in [7, 11) is 0. The van der Waals surface area contributed by atoms with E-state index in [9.17, 15) is 0 Å². The van der Waals surface area contributed by atoms with Gasteiger partial charge < -0.3 is 0 Å². The van der Waals surface area contributed by atoms with E-state index in [4.69, 9.17) is 46.4 Å². The maximum Gasteiger partial charge on any atom is 0.149 e. The van der Waals surface area contributed by atoms with E-state index in [-0.39, 0.29) is 0 Å². The van der Waals surface area contributed by atoms with Gasteiger partial charge in [-0.25, -0.2) is 0 Å². The molecule has 0 N–H and O–H groups in total. The lowest BCUT2D eigenvalue weighted by molar-refractivity contribution is 0.699. The fraction of sp³-hybridized carbons (Fsp3) is 0.333. The third-order valence-corrected chi connectivity index (χ3v) is 2.24. The molecule has 0 spiro atoms. The zero-order chi connectivity index (χ0) is 11.6. The lowest BCUT2D eigenvalue weighted by Gasteiger charge is -2.07.